The van der Waals surface area contributed by atoms with Gasteiger partial charge in [-0.05, 0) is 38.5 Å². The van der Waals surface area contributed by atoms with Gasteiger partial charge in [0.25, 0.3) is 0 Å². The first kappa shape index (κ1) is 52.6. The van der Waals surface area contributed by atoms with Crippen LogP contribution in [0.3, 0.4) is 0 Å². The largest absolute Gasteiger partial charge is 0.462 e. The number of hydrogen-bond donors (Lipinski definition) is 1. The first-order valence-corrected chi connectivity index (χ1v) is 24.2. The van der Waals surface area contributed by atoms with Gasteiger partial charge in [0.15, 0.2) is 6.10 Å². The smallest absolute Gasteiger partial charge is 0.306 e. The molecule has 1 atom stereocenters. The summed E-state index contributed by atoms with van der Waals surface area (Å²) < 4.78 is 10.6. The van der Waals surface area contributed by atoms with Crippen molar-refractivity contribution in [1.82, 2.24) is 0 Å². The third kappa shape index (κ3) is 43.4. The van der Waals surface area contributed by atoms with Gasteiger partial charge in [-0.3, -0.25) is 9.59 Å². The van der Waals surface area contributed by atoms with E-state index in [0.29, 0.717) is 12.8 Å². The van der Waals surface area contributed by atoms with E-state index in [2.05, 4.69) is 26.0 Å². The molecule has 5 heteroatoms. The Morgan fingerprint density at radius 3 is 1.00 bits per heavy atom. The molecule has 0 aliphatic carbocycles. The van der Waals surface area contributed by atoms with E-state index in [1.54, 1.807) is 0 Å². The number of esters is 2. The molecule has 0 bridgehead atoms. The normalized spacial score (nSPS) is 12.1. The summed E-state index contributed by atoms with van der Waals surface area (Å²) >= 11 is 0. The van der Waals surface area contributed by atoms with Gasteiger partial charge in [0, 0.05) is 12.8 Å². The number of carbonyl (C=O) groups is 2. The van der Waals surface area contributed by atoms with Gasteiger partial charge >= 0.3 is 11.9 Å². The van der Waals surface area contributed by atoms with Gasteiger partial charge in [0.05, 0.1) is 6.61 Å². The van der Waals surface area contributed by atoms with Crippen LogP contribution in [0.15, 0.2) is 12.2 Å². The number of hydrogen-bond acceptors (Lipinski definition) is 5. The number of allylic oxidation sites excluding steroid dienone is 2. The van der Waals surface area contributed by atoms with Crippen molar-refractivity contribution in [3.8, 4) is 0 Å². The maximum absolute atomic E-state index is 12.2. The Balaban J connectivity index is 3.33. The molecule has 0 amide bonds. The van der Waals surface area contributed by atoms with E-state index in [1.807, 2.05) is 0 Å². The first-order valence-electron chi connectivity index (χ1n) is 24.2. The fraction of sp³-hybridized carbons (Fsp3) is 0.918. The highest BCUT2D eigenvalue weighted by Gasteiger charge is 2.16. The molecule has 1 N–H and O–H groups in total. The number of aliphatic hydroxyl groups is 1. The van der Waals surface area contributed by atoms with Gasteiger partial charge in [-0.25, -0.2) is 0 Å². The van der Waals surface area contributed by atoms with E-state index in [-0.39, 0.29) is 25.2 Å². The van der Waals surface area contributed by atoms with Crippen molar-refractivity contribution >= 4 is 11.9 Å². The molecule has 0 saturated carbocycles. The minimum absolute atomic E-state index is 0.0595. The summed E-state index contributed by atoms with van der Waals surface area (Å²) in [5, 5.41) is 9.53. The summed E-state index contributed by atoms with van der Waals surface area (Å²) in [6, 6.07) is 0. The predicted molar refractivity (Wildman–Crippen MR) is 233 cm³/mol. The van der Waals surface area contributed by atoms with Gasteiger partial charge < -0.3 is 14.6 Å². The van der Waals surface area contributed by atoms with E-state index < -0.39 is 6.10 Å². The van der Waals surface area contributed by atoms with Gasteiger partial charge in [-0.1, -0.05) is 231 Å². The van der Waals surface area contributed by atoms with E-state index in [4.69, 9.17) is 9.47 Å². The molecular formula is C49H94O5. The van der Waals surface area contributed by atoms with E-state index >= 15 is 0 Å². The number of carbonyl (C=O) groups excluding carboxylic acids is 2. The van der Waals surface area contributed by atoms with E-state index in [1.165, 1.54) is 205 Å². The van der Waals surface area contributed by atoms with Crippen molar-refractivity contribution in [3.05, 3.63) is 12.2 Å². The molecule has 5 nitrogen and oxygen atoms in total. The van der Waals surface area contributed by atoms with E-state index in [0.717, 1.165) is 38.5 Å². The molecule has 0 spiro atoms. The molecule has 0 heterocycles. The second-order valence-corrected chi connectivity index (χ2v) is 16.5. The molecule has 1 unspecified atom stereocenters. The van der Waals surface area contributed by atoms with Crippen LogP contribution in [-0.4, -0.2) is 36.4 Å². The Hall–Kier alpha value is -1.36. The summed E-state index contributed by atoms with van der Waals surface area (Å²) in [6.45, 7) is 4.12. The fourth-order valence-corrected chi connectivity index (χ4v) is 7.38. The lowest BCUT2D eigenvalue weighted by Gasteiger charge is -2.15. The van der Waals surface area contributed by atoms with Crippen molar-refractivity contribution in [3.63, 3.8) is 0 Å². The average molecular weight is 763 g/mol. The summed E-state index contributed by atoms with van der Waals surface area (Å²) in [5.74, 6) is -0.584. The standard InChI is InChI=1S/C49H94O5/c1-3-5-7-9-11-12-13-14-15-16-17-18-19-20-21-22-23-24-25-26-27-28-29-30-31-32-33-34-35-36-38-40-42-44-49(52)54-47(45-50)46-53-48(51)43-41-39-37-10-8-6-4-2/h16-17,47,50H,3-15,18-46H2,1-2H3/b17-16-. The SMILES string of the molecule is CCCCCCCCCC/C=C\CCCCCCCCCCCCCCCCCCCCCCCC(=O)OC(CO)COC(=O)CCCCCCCCC. The van der Waals surface area contributed by atoms with Crippen LogP contribution in [0.4, 0.5) is 0 Å². The molecule has 0 radical (unpaired) electrons. The Morgan fingerprint density at radius 1 is 0.407 bits per heavy atom. The van der Waals surface area contributed by atoms with Crippen LogP contribution in [0.2, 0.25) is 0 Å². The lowest BCUT2D eigenvalue weighted by molar-refractivity contribution is -0.161. The maximum atomic E-state index is 12.2. The zero-order valence-corrected chi connectivity index (χ0v) is 36.5. The van der Waals surface area contributed by atoms with Crippen LogP contribution in [0, 0.1) is 0 Å². The summed E-state index contributed by atoms with van der Waals surface area (Å²) in [6.07, 6.45) is 54.9. The second-order valence-electron chi connectivity index (χ2n) is 16.5. The Morgan fingerprint density at radius 2 is 0.685 bits per heavy atom. The maximum Gasteiger partial charge on any atom is 0.306 e. The van der Waals surface area contributed by atoms with Gasteiger partial charge in [0.2, 0.25) is 0 Å². The van der Waals surface area contributed by atoms with Crippen LogP contribution in [0.1, 0.15) is 271 Å². The van der Waals surface area contributed by atoms with Crippen LogP contribution in [0.5, 0.6) is 0 Å². The highest BCUT2D eigenvalue weighted by Crippen LogP contribution is 2.17. The number of unbranched alkanes of at least 4 members (excludes halogenated alkanes) is 35. The highest BCUT2D eigenvalue weighted by molar-refractivity contribution is 5.70. The second kappa shape index (κ2) is 46.0. The molecule has 0 rings (SSSR count). The molecule has 0 saturated heterocycles. The summed E-state index contributed by atoms with van der Waals surface area (Å²) in [7, 11) is 0. The van der Waals surface area contributed by atoms with Crippen molar-refractivity contribution in [2.45, 2.75) is 277 Å². The van der Waals surface area contributed by atoms with Gasteiger partial charge in [-0.15, -0.1) is 0 Å². The minimum Gasteiger partial charge on any atom is -0.462 e. The number of rotatable bonds is 45. The Labute approximate surface area is 337 Å². The molecule has 0 aromatic carbocycles. The Kier molecular flexibility index (Phi) is 44.9. The molecule has 320 valence electrons. The molecule has 0 aromatic rings. The zero-order chi connectivity index (χ0) is 39.3. The number of aliphatic hydroxyl groups excluding tert-OH is 1. The van der Waals surface area contributed by atoms with Crippen molar-refractivity contribution < 1.29 is 24.2 Å². The van der Waals surface area contributed by atoms with Gasteiger partial charge in [0.1, 0.15) is 6.61 Å². The third-order valence-electron chi connectivity index (χ3n) is 11.1. The van der Waals surface area contributed by atoms with Crippen LogP contribution >= 0.6 is 0 Å². The summed E-state index contributed by atoms with van der Waals surface area (Å²) in [4.78, 5) is 24.1. The fourth-order valence-electron chi connectivity index (χ4n) is 7.38. The minimum atomic E-state index is -0.762. The molecule has 0 fully saturated rings. The van der Waals surface area contributed by atoms with E-state index in [9.17, 15) is 14.7 Å². The molecular weight excluding hydrogens is 669 g/mol. The monoisotopic (exact) mass is 763 g/mol. The third-order valence-corrected chi connectivity index (χ3v) is 11.1. The Bertz CT molecular complexity index is 780. The average Bonchev–Trinajstić information content (AvgIpc) is 3.17. The first-order chi connectivity index (χ1) is 26.6. The summed E-state index contributed by atoms with van der Waals surface area (Å²) in [5.41, 5.74) is 0. The molecule has 54 heavy (non-hydrogen) atoms. The van der Waals surface area contributed by atoms with Crippen molar-refractivity contribution in [1.29, 1.82) is 0 Å². The predicted octanol–water partition coefficient (Wildman–Crippen LogP) is 15.6. The van der Waals surface area contributed by atoms with Crippen LogP contribution < -0.4 is 0 Å². The van der Waals surface area contributed by atoms with Crippen LogP contribution in [0.25, 0.3) is 0 Å². The molecule has 0 aromatic heterocycles. The lowest BCUT2D eigenvalue weighted by Crippen LogP contribution is -2.28. The lowest BCUT2D eigenvalue weighted by atomic mass is 10.0. The van der Waals surface area contributed by atoms with Gasteiger partial charge in [-0.2, -0.15) is 0 Å². The van der Waals surface area contributed by atoms with Crippen molar-refractivity contribution in [2.75, 3.05) is 13.2 Å². The topological polar surface area (TPSA) is 72.8 Å². The molecule has 0 aliphatic rings. The zero-order valence-electron chi connectivity index (χ0n) is 36.5. The quantitative estimate of drug-likeness (QED) is 0.0380. The molecule has 0 aliphatic heterocycles. The number of ether oxygens (including phenoxy) is 2. The van der Waals surface area contributed by atoms with Crippen LogP contribution in [-0.2, 0) is 19.1 Å². The highest BCUT2D eigenvalue weighted by atomic mass is 16.6. The van der Waals surface area contributed by atoms with Crippen molar-refractivity contribution in [2.24, 2.45) is 0 Å².